The Kier molecular flexibility index (Phi) is 3.81. The zero-order valence-electron chi connectivity index (χ0n) is 7.59. The first-order valence-electron chi connectivity index (χ1n) is 4.02. The van der Waals surface area contributed by atoms with Gasteiger partial charge in [-0.25, -0.2) is 0 Å². The zero-order chi connectivity index (χ0) is 10.4. The SMILES string of the molecule is C=CCN(CC(=O)O)Cc1ncon1. The summed E-state index contributed by atoms with van der Waals surface area (Å²) in [5, 5.41) is 12.2. The second-order valence-corrected chi connectivity index (χ2v) is 2.70. The Morgan fingerprint density at radius 2 is 2.57 bits per heavy atom. The molecule has 0 saturated carbocycles. The molecule has 0 saturated heterocycles. The maximum atomic E-state index is 10.5. The van der Waals surface area contributed by atoms with E-state index in [4.69, 9.17) is 5.11 Å². The van der Waals surface area contributed by atoms with Crippen LogP contribution >= 0.6 is 0 Å². The summed E-state index contributed by atoms with van der Waals surface area (Å²) in [6.45, 7) is 4.28. The second kappa shape index (κ2) is 5.13. The van der Waals surface area contributed by atoms with Crippen LogP contribution in [0.15, 0.2) is 23.6 Å². The van der Waals surface area contributed by atoms with E-state index in [1.165, 1.54) is 6.39 Å². The quantitative estimate of drug-likeness (QED) is 0.653. The van der Waals surface area contributed by atoms with Crippen molar-refractivity contribution in [2.75, 3.05) is 13.1 Å². The van der Waals surface area contributed by atoms with Gasteiger partial charge in [-0.05, 0) is 0 Å². The number of nitrogens with zero attached hydrogens (tertiary/aromatic N) is 3. The van der Waals surface area contributed by atoms with Crippen molar-refractivity contribution in [1.82, 2.24) is 15.0 Å². The molecule has 0 spiro atoms. The van der Waals surface area contributed by atoms with E-state index >= 15 is 0 Å². The molecule has 14 heavy (non-hydrogen) atoms. The molecule has 6 nitrogen and oxygen atoms in total. The van der Waals surface area contributed by atoms with Crippen LogP contribution in [0.4, 0.5) is 0 Å². The molecule has 1 heterocycles. The minimum atomic E-state index is -0.893. The highest BCUT2D eigenvalue weighted by molar-refractivity contribution is 5.69. The van der Waals surface area contributed by atoms with Gasteiger partial charge in [0.2, 0.25) is 6.39 Å². The van der Waals surface area contributed by atoms with Crippen molar-refractivity contribution in [2.24, 2.45) is 0 Å². The third kappa shape index (κ3) is 3.36. The van der Waals surface area contributed by atoms with Gasteiger partial charge in [0.05, 0.1) is 13.1 Å². The lowest BCUT2D eigenvalue weighted by molar-refractivity contribution is -0.138. The van der Waals surface area contributed by atoms with Crippen molar-refractivity contribution in [1.29, 1.82) is 0 Å². The molecule has 0 bridgehead atoms. The molecule has 1 rings (SSSR count). The van der Waals surface area contributed by atoms with Gasteiger partial charge in [0.15, 0.2) is 5.82 Å². The second-order valence-electron chi connectivity index (χ2n) is 2.70. The maximum absolute atomic E-state index is 10.5. The summed E-state index contributed by atoms with van der Waals surface area (Å²) in [5.74, 6) is -0.427. The normalized spacial score (nSPS) is 10.4. The third-order valence-corrected chi connectivity index (χ3v) is 1.52. The van der Waals surface area contributed by atoms with Crippen molar-refractivity contribution in [3.63, 3.8) is 0 Å². The highest BCUT2D eigenvalue weighted by atomic mass is 16.5. The Morgan fingerprint density at radius 3 is 3.07 bits per heavy atom. The van der Waals surface area contributed by atoms with E-state index in [1.54, 1.807) is 11.0 Å². The smallest absolute Gasteiger partial charge is 0.317 e. The van der Waals surface area contributed by atoms with Crippen molar-refractivity contribution in [3.05, 3.63) is 24.9 Å². The molecule has 6 heteroatoms. The van der Waals surface area contributed by atoms with Gasteiger partial charge in [-0.1, -0.05) is 11.2 Å². The first kappa shape index (κ1) is 10.4. The van der Waals surface area contributed by atoms with Crippen molar-refractivity contribution in [2.45, 2.75) is 6.54 Å². The van der Waals surface area contributed by atoms with Gasteiger partial charge in [-0.3, -0.25) is 9.69 Å². The monoisotopic (exact) mass is 197 g/mol. The lowest BCUT2D eigenvalue weighted by Crippen LogP contribution is -2.29. The number of carbonyl (C=O) groups is 1. The number of aromatic nitrogens is 2. The molecule has 0 unspecified atom stereocenters. The fourth-order valence-electron chi connectivity index (χ4n) is 1.02. The Labute approximate surface area is 80.8 Å². The van der Waals surface area contributed by atoms with Gasteiger partial charge in [-0.2, -0.15) is 4.98 Å². The molecule has 0 radical (unpaired) electrons. The Balaban J connectivity index is 2.50. The van der Waals surface area contributed by atoms with Crippen LogP contribution in [-0.2, 0) is 11.3 Å². The highest BCUT2D eigenvalue weighted by Gasteiger charge is 2.10. The average Bonchev–Trinajstić information content (AvgIpc) is 2.56. The minimum Gasteiger partial charge on any atom is -0.480 e. The first-order valence-corrected chi connectivity index (χ1v) is 4.02. The number of carboxylic acids is 1. The summed E-state index contributed by atoms with van der Waals surface area (Å²) in [5.41, 5.74) is 0. The molecule has 0 aliphatic carbocycles. The molecular formula is C8H11N3O3. The van der Waals surface area contributed by atoms with Crippen molar-refractivity contribution < 1.29 is 14.4 Å². The summed E-state index contributed by atoms with van der Waals surface area (Å²) in [6.07, 6.45) is 2.84. The van der Waals surface area contributed by atoms with E-state index in [-0.39, 0.29) is 6.54 Å². The largest absolute Gasteiger partial charge is 0.480 e. The Hall–Kier alpha value is -1.69. The van der Waals surface area contributed by atoms with Crippen LogP contribution in [0.5, 0.6) is 0 Å². The molecule has 1 aromatic heterocycles. The van der Waals surface area contributed by atoms with E-state index in [2.05, 4.69) is 21.2 Å². The fourth-order valence-corrected chi connectivity index (χ4v) is 1.02. The maximum Gasteiger partial charge on any atom is 0.317 e. The molecule has 76 valence electrons. The van der Waals surface area contributed by atoms with Gasteiger partial charge < -0.3 is 9.63 Å². The lowest BCUT2D eigenvalue weighted by atomic mass is 10.4. The number of rotatable bonds is 6. The summed E-state index contributed by atoms with van der Waals surface area (Å²) in [7, 11) is 0. The van der Waals surface area contributed by atoms with Crippen LogP contribution in [0.1, 0.15) is 5.82 Å². The van der Waals surface area contributed by atoms with Gasteiger partial charge >= 0.3 is 5.97 Å². The molecule has 0 atom stereocenters. The van der Waals surface area contributed by atoms with E-state index in [9.17, 15) is 4.79 Å². The van der Waals surface area contributed by atoms with Gasteiger partial charge in [0, 0.05) is 6.54 Å². The number of aliphatic carboxylic acids is 1. The Morgan fingerprint density at radius 1 is 1.79 bits per heavy atom. The average molecular weight is 197 g/mol. The van der Waals surface area contributed by atoms with Crippen LogP contribution in [0.2, 0.25) is 0 Å². The zero-order valence-corrected chi connectivity index (χ0v) is 7.59. The van der Waals surface area contributed by atoms with Gasteiger partial charge in [-0.15, -0.1) is 6.58 Å². The molecular weight excluding hydrogens is 186 g/mol. The van der Waals surface area contributed by atoms with Crippen LogP contribution < -0.4 is 0 Å². The number of carboxylic acid groups (broad SMARTS) is 1. The molecule has 1 aromatic rings. The Bertz CT molecular complexity index is 297. The molecule has 1 N–H and O–H groups in total. The van der Waals surface area contributed by atoms with Gasteiger partial charge in [0.25, 0.3) is 0 Å². The molecule has 0 fully saturated rings. The molecule has 0 aliphatic heterocycles. The van der Waals surface area contributed by atoms with Crippen molar-refractivity contribution >= 4 is 5.97 Å². The van der Waals surface area contributed by atoms with Crippen LogP contribution in [-0.4, -0.2) is 39.2 Å². The van der Waals surface area contributed by atoms with E-state index in [1.807, 2.05) is 0 Å². The molecule has 0 aromatic carbocycles. The highest BCUT2D eigenvalue weighted by Crippen LogP contribution is 1.97. The minimum absolute atomic E-state index is 0.0689. The number of hydrogen-bond acceptors (Lipinski definition) is 5. The summed E-state index contributed by atoms with van der Waals surface area (Å²) < 4.78 is 4.54. The molecule has 0 aliphatic rings. The predicted octanol–water partition coefficient (Wildman–Crippen LogP) is 0.142. The van der Waals surface area contributed by atoms with E-state index < -0.39 is 5.97 Å². The van der Waals surface area contributed by atoms with Crippen LogP contribution in [0.25, 0.3) is 0 Å². The molecule has 0 amide bonds. The standard InChI is InChI=1S/C8H11N3O3/c1-2-3-11(5-8(12)13)4-7-9-6-14-10-7/h2,6H,1,3-5H2,(H,12,13). The van der Waals surface area contributed by atoms with Gasteiger partial charge in [0.1, 0.15) is 0 Å². The summed E-state index contributed by atoms with van der Waals surface area (Å²) in [4.78, 5) is 15.9. The summed E-state index contributed by atoms with van der Waals surface area (Å²) >= 11 is 0. The number of hydrogen-bond donors (Lipinski definition) is 1. The third-order valence-electron chi connectivity index (χ3n) is 1.52. The topological polar surface area (TPSA) is 79.5 Å². The summed E-state index contributed by atoms with van der Waals surface area (Å²) in [6, 6.07) is 0. The van der Waals surface area contributed by atoms with E-state index in [0.717, 1.165) is 0 Å². The van der Waals surface area contributed by atoms with E-state index in [0.29, 0.717) is 18.9 Å². The van der Waals surface area contributed by atoms with Crippen LogP contribution in [0, 0.1) is 0 Å². The van der Waals surface area contributed by atoms with Crippen LogP contribution in [0.3, 0.4) is 0 Å². The predicted molar refractivity (Wildman–Crippen MR) is 47.4 cm³/mol. The fraction of sp³-hybridized carbons (Fsp3) is 0.375. The van der Waals surface area contributed by atoms with Crippen molar-refractivity contribution in [3.8, 4) is 0 Å². The lowest BCUT2D eigenvalue weighted by Gasteiger charge is -2.15. The first-order chi connectivity index (χ1) is 6.72.